The van der Waals surface area contributed by atoms with Crippen LogP contribution < -0.4 is 25.4 Å². The van der Waals surface area contributed by atoms with E-state index in [0.29, 0.717) is 29.5 Å². The number of hydrogen-bond donors (Lipinski definition) is 3. The van der Waals surface area contributed by atoms with E-state index in [2.05, 4.69) is 20.9 Å². The fraction of sp³-hybridized carbons (Fsp3) is 0.409. The number of rotatable bonds is 5. The Balaban J connectivity index is 1.26. The molecule has 0 radical (unpaired) electrons. The fourth-order valence-corrected chi connectivity index (χ4v) is 3.58. The Bertz CT molecular complexity index is 910. The van der Waals surface area contributed by atoms with E-state index in [4.69, 9.17) is 9.47 Å². The summed E-state index contributed by atoms with van der Waals surface area (Å²) in [5.41, 5.74) is 1.97. The number of ether oxygens (including phenoxy) is 2. The average molecular weight is 410 g/mol. The summed E-state index contributed by atoms with van der Waals surface area (Å²) < 4.78 is 11.4. The van der Waals surface area contributed by atoms with Gasteiger partial charge in [-0.15, -0.1) is 0 Å². The van der Waals surface area contributed by atoms with Gasteiger partial charge in [-0.3, -0.25) is 4.79 Å². The molecule has 4 rings (SSSR count). The van der Waals surface area contributed by atoms with Crippen LogP contribution in [-0.4, -0.2) is 29.1 Å². The molecule has 1 aromatic heterocycles. The van der Waals surface area contributed by atoms with Crippen LogP contribution in [0.5, 0.6) is 11.6 Å². The summed E-state index contributed by atoms with van der Waals surface area (Å²) in [6.45, 7) is 2.02. The second-order valence-electron chi connectivity index (χ2n) is 7.65. The highest BCUT2D eigenvalue weighted by Crippen LogP contribution is 2.32. The average Bonchev–Trinajstić information content (AvgIpc) is 2.75. The Morgan fingerprint density at radius 3 is 2.83 bits per heavy atom. The van der Waals surface area contributed by atoms with Crippen molar-refractivity contribution in [2.45, 2.75) is 57.8 Å². The number of nitrogens with one attached hydrogen (secondary N) is 3. The van der Waals surface area contributed by atoms with Gasteiger partial charge in [0, 0.05) is 24.5 Å². The number of hydrogen-bond acceptors (Lipinski definition) is 5. The largest absolute Gasteiger partial charge is 0.479 e. The molecule has 30 heavy (non-hydrogen) atoms. The number of urea groups is 1. The van der Waals surface area contributed by atoms with Crippen molar-refractivity contribution in [1.82, 2.24) is 10.3 Å². The lowest BCUT2D eigenvalue weighted by atomic mass is 9.98. The first-order valence-electron chi connectivity index (χ1n) is 10.3. The van der Waals surface area contributed by atoms with Gasteiger partial charge in [-0.1, -0.05) is 12.5 Å². The molecule has 1 unspecified atom stereocenters. The topological polar surface area (TPSA) is 102 Å². The minimum absolute atomic E-state index is 0.215. The monoisotopic (exact) mass is 410 g/mol. The van der Waals surface area contributed by atoms with Crippen LogP contribution in [0.2, 0.25) is 0 Å². The third-order valence-electron chi connectivity index (χ3n) is 5.26. The molecule has 3 N–H and O–H groups in total. The SMILES string of the molecule is CC1Oc2ccc(NC(=O)NCc3ccc(OC4CCCCC4)nc3)cc2NC1=O. The van der Waals surface area contributed by atoms with Crippen LogP contribution >= 0.6 is 0 Å². The van der Waals surface area contributed by atoms with Crippen LogP contribution in [0.25, 0.3) is 0 Å². The molecule has 1 aliphatic carbocycles. The molecule has 3 amide bonds. The van der Waals surface area contributed by atoms with Gasteiger partial charge in [-0.2, -0.15) is 0 Å². The van der Waals surface area contributed by atoms with Crippen LogP contribution in [0.1, 0.15) is 44.6 Å². The predicted molar refractivity (Wildman–Crippen MR) is 113 cm³/mol. The lowest BCUT2D eigenvalue weighted by Gasteiger charge is -2.23. The summed E-state index contributed by atoms with van der Waals surface area (Å²) in [6.07, 6.45) is 7.32. The molecular weight excluding hydrogens is 384 g/mol. The smallest absolute Gasteiger partial charge is 0.319 e. The van der Waals surface area contributed by atoms with Crippen molar-refractivity contribution < 1.29 is 19.1 Å². The number of fused-ring (bicyclic) bond motifs is 1. The van der Waals surface area contributed by atoms with Crippen LogP contribution in [0, 0.1) is 0 Å². The zero-order valence-corrected chi connectivity index (χ0v) is 16.9. The lowest BCUT2D eigenvalue weighted by molar-refractivity contribution is -0.122. The summed E-state index contributed by atoms with van der Waals surface area (Å²) in [5, 5.41) is 8.31. The van der Waals surface area contributed by atoms with E-state index in [9.17, 15) is 9.59 Å². The Morgan fingerprint density at radius 2 is 2.07 bits per heavy atom. The van der Waals surface area contributed by atoms with Gasteiger partial charge < -0.3 is 25.4 Å². The van der Waals surface area contributed by atoms with Crippen LogP contribution in [-0.2, 0) is 11.3 Å². The Kier molecular flexibility index (Phi) is 6.02. The third kappa shape index (κ3) is 5.00. The first-order chi connectivity index (χ1) is 14.6. The quantitative estimate of drug-likeness (QED) is 0.695. The molecular formula is C22H26N4O4. The van der Waals surface area contributed by atoms with Crippen LogP contribution in [0.3, 0.4) is 0 Å². The molecule has 158 valence electrons. The Hall–Kier alpha value is -3.29. The number of nitrogens with zero attached hydrogens (tertiary/aromatic N) is 1. The lowest BCUT2D eigenvalue weighted by Crippen LogP contribution is -2.34. The van der Waals surface area contributed by atoms with E-state index in [1.165, 1.54) is 19.3 Å². The van der Waals surface area contributed by atoms with Crippen molar-refractivity contribution in [2.75, 3.05) is 10.6 Å². The van der Waals surface area contributed by atoms with E-state index < -0.39 is 6.10 Å². The Labute approximate surface area is 175 Å². The van der Waals surface area contributed by atoms with Gasteiger partial charge in [-0.25, -0.2) is 9.78 Å². The number of amides is 3. The van der Waals surface area contributed by atoms with E-state index in [1.807, 2.05) is 12.1 Å². The summed E-state index contributed by atoms with van der Waals surface area (Å²) in [4.78, 5) is 28.3. The number of pyridine rings is 1. The van der Waals surface area contributed by atoms with Crippen LogP contribution in [0.15, 0.2) is 36.5 Å². The molecule has 2 aliphatic rings. The summed E-state index contributed by atoms with van der Waals surface area (Å²) in [6, 6.07) is 8.50. The normalized spacial score (nSPS) is 18.6. The van der Waals surface area contributed by atoms with Gasteiger partial charge in [0.2, 0.25) is 5.88 Å². The minimum Gasteiger partial charge on any atom is -0.479 e. The maximum Gasteiger partial charge on any atom is 0.319 e. The number of carbonyl (C=O) groups is 2. The first-order valence-corrected chi connectivity index (χ1v) is 10.3. The summed E-state index contributed by atoms with van der Waals surface area (Å²) in [7, 11) is 0. The maximum atomic E-state index is 12.2. The molecule has 1 fully saturated rings. The predicted octanol–water partition coefficient (Wildman–Crippen LogP) is 3.83. The number of carbonyl (C=O) groups excluding carboxylic acids is 2. The van der Waals surface area contributed by atoms with Gasteiger partial charge in [0.25, 0.3) is 5.91 Å². The summed E-state index contributed by atoms with van der Waals surface area (Å²) in [5.74, 6) is 0.991. The van der Waals surface area contributed by atoms with Gasteiger partial charge in [0.05, 0.1) is 5.69 Å². The van der Waals surface area contributed by atoms with Crippen molar-refractivity contribution in [1.29, 1.82) is 0 Å². The van der Waals surface area contributed by atoms with Gasteiger partial charge in [0.15, 0.2) is 6.10 Å². The molecule has 0 spiro atoms. The second kappa shape index (κ2) is 9.02. The molecule has 1 saturated carbocycles. The number of anilines is 2. The molecule has 1 aliphatic heterocycles. The minimum atomic E-state index is -0.535. The third-order valence-corrected chi connectivity index (χ3v) is 5.26. The number of aromatic nitrogens is 1. The van der Waals surface area contributed by atoms with E-state index in [-0.39, 0.29) is 18.0 Å². The summed E-state index contributed by atoms with van der Waals surface area (Å²) >= 11 is 0. The fourth-order valence-electron chi connectivity index (χ4n) is 3.58. The number of benzene rings is 1. The highest BCUT2D eigenvalue weighted by atomic mass is 16.5. The molecule has 1 aromatic carbocycles. The molecule has 8 nitrogen and oxygen atoms in total. The van der Waals surface area contributed by atoms with E-state index in [1.54, 1.807) is 31.3 Å². The highest BCUT2D eigenvalue weighted by molar-refractivity contribution is 5.99. The zero-order chi connectivity index (χ0) is 20.9. The van der Waals surface area contributed by atoms with Crippen molar-refractivity contribution in [3.8, 4) is 11.6 Å². The Morgan fingerprint density at radius 1 is 1.23 bits per heavy atom. The van der Waals surface area contributed by atoms with Crippen molar-refractivity contribution in [3.63, 3.8) is 0 Å². The molecule has 0 bridgehead atoms. The van der Waals surface area contributed by atoms with E-state index >= 15 is 0 Å². The van der Waals surface area contributed by atoms with Gasteiger partial charge in [0.1, 0.15) is 11.9 Å². The van der Waals surface area contributed by atoms with Crippen LogP contribution in [0.4, 0.5) is 16.2 Å². The standard InChI is InChI=1S/C22H26N4O4/c1-14-21(27)26-18-11-16(8-9-19(18)29-14)25-22(28)24-13-15-7-10-20(23-12-15)30-17-5-3-2-4-6-17/h7-12,14,17H,2-6,13H2,1H3,(H,26,27)(H2,24,25,28). The van der Waals surface area contributed by atoms with Crippen molar-refractivity contribution in [3.05, 3.63) is 42.1 Å². The maximum absolute atomic E-state index is 12.2. The second-order valence-corrected chi connectivity index (χ2v) is 7.65. The van der Waals surface area contributed by atoms with Crippen molar-refractivity contribution >= 4 is 23.3 Å². The van der Waals surface area contributed by atoms with Crippen molar-refractivity contribution in [2.24, 2.45) is 0 Å². The van der Waals surface area contributed by atoms with Gasteiger partial charge >= 0.3 is 6.03 Å². The molecule has 1 atom stereocenters. The highest BCUT2D eigenvalue weighted by Gasteiger charge is 2.23. The first kappa shape index (κ1) is 20.0. The van der Waals surface area contributed by atoms with Gasteiger partial charge in [-0.05, 0) is 56.4 Å². The molecule has 8 heteroatoms. The van der Waals surface area contributed by atoms with E-state index in [0.717, 1.165) is 18.4 Å². The zero-order valence-electron chi connectivity index (χ0n) is 16.9. The molecule has 0 saturated heterocycles. The molecule has 2 heterocycles. The molecule has 2 aromatic rings.